The Bertz CT molecular complexity index is 597. The second-order valence-corrected chi connectivity index (χ2v) is 5.12. The Morgan fingerprint density at radius 3 is 2.25 bits per heavy atom. The Morgan fingerprint density at radius 2 is 1.70 bits per heavy atom. The molecule has 0 fully saturated rings. The standard InChI is InChI=1S/C17H21NO2/c1-11-7-12(2)15(13(3)8-11)10-18-14-5-6-17(20-4)16(19)9-14/h5-9,18-19H,10H2,1-4H3. The van der Waals surface area contributed by atoms with Gasteiger partial charge in [-0.05, 0) is 49.6 Å². The third-order valence-corrected chi connectivity index (χ3v) is 3.49. The summed E-state index contributed by atoms with van der Waals surface area (Å²) in [7, 11) is 1.54. The van der Waals surface area contributed by atoms with Gasteiger partial charge in [0.2, 0.25) is 0 Å². The van der Waals surface area contributed by atoms with Crippen LogP contribution in [0.3, 0.4) is 0 Å². The number of rotatable bonds is 4. The van der Waals surface area contributed by atoms with Crippen LogP contribution in [-0.2, 0) is 6.54 Å². The Labute approximate surface area is 120 Å². The first kappa shape index (κ1) is 14.3. The van der Waals surface area contributed by atoms with Gasteiger partial charge in [-0.15, -0.1) is 0 Å². The largest absolute Gasteiger partial charge is 0.504 e. The molecule has 0 heterocycles. The number of hydrogen-bond donors (Lipinski definition) is 2. The third-order valence-electron chi connectivity index (χ3n) is 3.49. The molecule has 3 heteroatoms. The van der Waals surface area contributed by atoms with E-state index in [1.165, 1.54) is 22.3 Å². The van der Waals surface area contributed by atoms with E-state index in [0.717, 1.165) is 12.2 Å². The van der Waals surface area contributed by atoms with Crippen molar-refractivity contribution in [2.45, 2.75) is 27.3 Å². The summed E-state index contributed by atoms with van der Waals surface area (Å²) in [5, 5.41) is 13.1. The van der Waals surface area contributed by atoms with Gasteiger partial charge in [0.1, 0.15) is 0 Å². The maximum Gasteiger partial charge on any atom is 0.160 e. The predicted octanol–water partition coefficient (Wildman–Crippen LogP) is 3.94. The van der Waals surface area contributed by atoms with Crippen LogP contribution < -0.4 is 10.1 Å². The molecule has 0 atom stereocenters. The Morgan fingerprint density at radius 1 is 1.05 bits per heavy atom. The van der Waals surface area contributed by atoms with E-state index in [1.807, 2.05) is 6.07 Å². The number of benzene rings is 2. The summed E-state index contributed by atoms with van der Waals surface area (Å²) >= 11 is 0. The highest BCUT2D eigenvalue weighted by atomic mass is 16.5. The van der Waals surface area contributed by atoms with Gasteiger partial charge in [-0.25, -0.2) is 0 Å². The van der Waals surface area contributed by atoms with Crippen LogP contribution in [0.15, 0.2) is 30.3 Å². The van der Waals surface area contributed by atoms with Crippen molar-refractivity contribution in [1.82, 2.24) is 0 Å². The van der Waals surface area contributed by atoms with Gasteiger partial charge in [-0.1, -0.05) is 17.7 Å². The lowest BCUT2D eigenvalue weighted by atomic mass is 10.00. The van der Waals surface area contributed by atoms with Crippen LogP contribution >= 0.6 is 0 Å². The highest BCUT2D eigenvalue weighted by Crippen LogP contribution is 2.29. The number of aromatic hydroxyl groups is 1. The van der Waals surface area contributed by atoms with E-state index >= 15 is 0 Å². The Hall–Kier alpha value is -2.16. The van der Waals surface area contributed by atoms with Crippen LogP contribution in [0.2, 0.25) is 0 Å². The molecule has 20 heavy (non-hydrogen) atoms. The van der Waals surface area contributed by atoms with Gasteiger partial charge in [0.25, 0.3) is 0 Å². The predicted molar refractivity (Wildman–Crippen MR) is 82.6 cm³/mol. The first-order valence-electron chi connectivity index (χ1n) is 6.69. The first-order valence-corrected chi connectivity index (χ1v) is 6.69. The molecule has 0 radical (unpaired) electrons. The summed E-state index contributed by atoms with van der Waals surface area (Å²) in [4.78, 5) is 0. The summed E-state index contributed by atoms with van der Waals surface area (Å²) < 4.78 is 5.04. The number of methoxy groups -OCH3 is 1. The fourth-order valence-electron chi connectivity index (χ4n) is 2.48. The van der Waals surface area contributed by atoms with Crippen LogP contribution in [0.4, 0.5) is 5.69 Å². The van der Waals surface area contributed by atoms with Crippen molar-refractivity contribution in [3.05, 3.63) is 52.6 Å². The van der Waals surface area contributed by atoms with E-state index in [4.69, 9.17) is 4.74 Å². The number of hydrogen-bond acceptors (Lipinski definition) is 3. The first-order chi connectivity index (χ1) is 9.51. The molecule has 2 N–H and O–H groups in total. The van der Waals surface area contributed by atoms with Crippen LogP contribution in [0.1, 0.15) is 22.3 Å². The quantitative estimate of drug-likeness (QED) is 0.885. The van der Waals surface area contributed by atoms with Gasteiger partial charge < -0.3 is 15.2 Å². The SMILES string of the molecule is COc1ccc(NCc2c(C)cc(C)cc2C)cc1O. The molecule has 106 valence electrons. The fourth-order valence-corrected chi connectivity index (χ4v) is 2.48. The molecule has 3 nitrogen and oxygen atoms in total. The van der Waals surface area contributed by atoms with E-state index in [0.29, 0.717) is 5.75 Å². The zero-order valence-electron chi connectivity index (χ0n) is 12.4. The maximum absolute atomic E-state index is 9.77. The smallest absolute Gasteiger partial charge is 0.160 e. The molecule has 0 unspecified atom stereocenters. The summed E-state index contributed by atoms with van der Waals surface area (Å²) in [6.45, 7) is 7.10. The highest BCUT2D eigenvalue weighted by Gasteiger charge is 2.05. The summed E-state index contributed by atoms with van der Waals surface area (Å²) in [6.07, 6.45) is 0. The average Bonchev–Trinajstić information content (AvgIpc) is 2.37. The van der Waals surface area contributed by atoms with Crippen molar-refractivity contribution >= 4 is 5.69 Å². The molecular formula is C17H21NO2. The average molecular weight is 271 g/mol. The van der Waals surface area contributed by atoms with E-state index in [9.17, 15) is 5.11 Å². The Kier molecular flexibility index (Phi) is 4.18. The number of aryl methyl sites for hydroxylation is 3. The van der Waals surface area contributed by atoms with Crippen molar-refractivity contribution in [3.8, 4) is 11.5 Å². The van der Waals surface area contributed by atoms with Gasteiger partial charge in [0.15, 0.2) is 11.5 Å². The highest BCUT2D eigenvalue weighted by molar-refractivity contribution is 5.54. The van der Waals surface area contributed by atoms with Gasteiger partial charge in [0.05, 0.1) is 7.11 Å². The maximum atomic E-state index is 9.77. The van der Waals surface area contributed by atoms with Crippen LogP contribution in [0.5, 0.6) is 11.5 Å². The van der Waals surface area contributed by atoms with Crippen LogP contribution in [0.25, 0.3) is 0 Å². The normalized spacial score (nSPS) is 10.4. The molecular weight excluding hydrogens is 250 g/mol. The minimum atomic E-state index is 0.148. The van der Waals surface area contributed by atoms with E-state index in [1.54, 1.807) is 19.2 Å². The van der Waals surface area contributed by atoms with Crippen molar-refractivity contribution < 1.29 is 9.84 Å². The minimum Gasteiger partial charge on any atom is -0.504 e. The van der Waals surface area contributed by atoms with E-state index < -0.39 is 0 Å². The Balaban J connectivity index is 2.15. The molecule has 0 bridgehead atoms. The van der Waals surface area contributed by atoms with E-state index in [-0.39, 0.29) is 5.75 Å². The number of nitrogens with one attached hydrogen (secondary N) is 1. The van der Waals surface area contributed by atoms with Crippen molar-refractivity contribution in [2.24, 2.45) is 0 Å². The lowest BCUT2D eigenvalue weighted by molar-refractivity contribution is 0.373. The molecule has 0 aromatic heterocycles. The van der Waals surface area contributed by atoms with Crippen molar-refractivity contribution in [3.63, 3.8) is 0 Å². The number of phenols is 1. The second-order valence-electron chi connectivity index (χ2n) is 5.12. The molecule has 0 amide bonds. The summed E-state index contributed by atoms with van der Waals surface area (Å²) in [5.74, 6) is 0.632. The third kappa shape index (κ3) is 3.05. The van der Waals surface area contributed by atoms with Crippen molar-refractivity contribution in [2.75, 3.05) is 12.4 Å². The van der Waals surface area contributed by atoms with Gasteiger partial charge in [0, 0.05) is 18.3 Å². The zero-order valence-corrected chi connectivity index (χ0v) is 12.4. The molecule has 0 aliphatic heterocycles. The molecule has 0 saturated heterocycles. The second kappa shape index (κ2) is 5.87. The minimum absolute atomic E-state index is 0.148. The molecule has 0 aliphatic carbocycles. The zero-order chi connectivity index (χ0) is 14.7. The van der Waals surface area contributed by atoms with Crippen molar-refractivity contribution in [1.29, 1.82) is 0 Å². The van der Waals surface area contributed by atoms with Gasteiger partial charge >= 0.3 is 0 Å². The van der Waals surface area contributed by atoms with Crippen LogP contribution in [-0.4, -0.2) is 12.2 Å². The summed E-state index contributed by atoms with van der Waals surface area (Å²) in [5.41, 5.74) is 6.03. The van der Waals surface area contributed by atoms with E-state index in [2.05, 4.69) is 38.2 Å². The van der Waals surface area contributed by atoms with Gasteiger partial charge in [-0.2, -0.15) is 0 Å². The molecule has 2 aromatic carbocycles. The summed E-state index contributed by atoms with van der Waals surface area (Å²) in [6, 6.07) is 9.71. The molecule has 0 aliphatic rings. The lowest BCUT2D eigenvalue weighted by Crippen LogP contribution is -2.04. The topological polar surface area (TPSA) is 41.5 Å². The fraction of sp³-hybridized carbons (Fsp3) is 0.294. The lowest BCUT2D eigenvalue weighted by Gasteiger charge is -2.14. The molecule has 2 aromatic rings. The van der Waals surface area contributed by atoms with Gasteiger partial charge in [-0.3, -0.25) is 0 Å². The number of ether oxygens (including phenoxy) is 1. The molecule has 0 spiro atoms. The molecule has 0 saturated carbocycles. The number of anilines is 1. The monoisotopic (exact) mass is 271 g/mol. The number of phenolic OH excluding ortho intramolecular Hbond substituents is 1. The van der Waals surface area contributed by atoms with Crippen LogP contribution in [0, 0.1) is 20.8 Å². The molecule has 2 rings (SSSR count).